The van der Waals surface area contributed by atoms with E-state index in [1.165, 1.54) is 25.1 Å². The highest BCUT2D eigenvalue weighted by atomic mass is 32.2. The summed E-state index contributed by atoms with van der Waals surface area (Å²) in [5.41, 5.74) is 0.216. The van der Waals surface area contributed by atoms with Gasteiger partial charge in [0.2, 0.25) is 0 Å². The zero-order chi connectivity index (χ0) is 10.9. The largest absolute Gasteiger partial charge is 0.508 e. The molecule has 0 amide bonds. The van der Waals surface area contributed by atoms with Crippen LogP contribution in [0.1, 0.15) is 18.6 Å². The van der Waals surface area contributed by atoms with Gasteiger partial charge in [-0.25, -0.2) is 8.42 Å². The van der Waals surface area contributed by atoms with Crippen LogP contribution in [-0.4, -0.2) is 24.9 Å². The number of aliphatic hydroxyl groups excluding tert-OH is 1. The Bertz CT molecular complexity index is 434. The molecule has 0 bridgehead atoms. The van der Waals surface area contributed by atoms with Gasteiger partial charge in [-0.05, 0) is 25.1 Å². The Hall–Kier alpha value is -1.07. The van der Waals surface area contributed by atoms with E-state index in [2.05, 4.69) is 0 Å². The highest BCUT2D eigenvalue weighted by Crippen LogP contribution is 2.26. The summed E-state index contributed by atoms with van der Waals surface area (Å²) in [6, 6.07) is 3.84. The number of rotatable bonds is 2. The minimum atomic E-state index is -3.30. The Balaban J connectivity index is 3.34. The number of hydrogen-bond acceptors (Lipinski definition) is 4. The molecule has 0 spiro atoms. The molecular weight excluding hydrogens is 204 g/mol. The van der Waals surface area contributed by atoms with Crippen molar-refractivity contribution in [3.8, 4) is 5.75 Å². The van der Waals surface area contributed by atoms with Crippen LogP contribution in [0.5, 0.6) is 5.75 Å². The number of phenols is 1. The fourth-order valence-electron chi connectivity index (χ4n) is 1.10. The quantitative estimate of drug-likeness (QED) is 0.768. The van der Waals surface area contributed by atoms with Gasteiger partial charge in [-0.3, -0.25) is 0 Å². The molecule has 1 rings (SSSR count). The van der Waals surface area contributed by atoms with Crippen molar-refractivity contribution < 1.29 is 18.6 Å². The monoisotopic (exact) mass is 216 g/mol. The molecule has 0 heterocycles. The van der Waals surface area contributed by atoms with E-state index in [0.717, 1.165) is 6.26 Å². The Labute approximate surface area is 82.7 Å². The third-order valence-electron chi connectivity index (χ3n) is 1.88. The number of sulfone groups is 1. The number of aromatic hydroxyl groups is 1. The van der Waals surface area contributed by atoms with E-state index in [-0.39, 0.29) is 16.2 Å². The van der Waals surface area contributed by atoms with E-state index in [1.807, 2.05) is 0 Å². The van der Waals surface area contributed by atoms with Crippen molar-refractivity contribution in [1.82, 2.24) is 0 Å². The Kier molecular flexibility index (Phi) is 2.82. The number of benzene rings is 1. The van der Waals surface area contributed by atoms with Gasteiger partial charge in [0.25, 0.3) is 0 Å². The van der Waals surface area contributed by atoms with Crippen LogP contribution >= 0.6 is 0 Å². The first-order chi connectivity index (χ1) is 6.32. The zero-order valence-corrected chi connectivity index (χ0v) is 8.75. The first-order valence-corrected chi connectivity index (χ1v) is 5.92. The highest BCUT2D eigenvalue weighted by molar-refractivity contribution is 7.90. The molecule has 0 saturated carbocycles. The summed E-state index contributed by atoms with van der Waals surface area (Å²) in [6.45, 7) is 1.46. The summed E-state index contributed by atoms with van der Waals surface area (Å²) in [5.74, 6) is -0.104. The molecule has 1 aromatic carbocycles. The maximum atomic E-state index is 11.2. The molecular formula is C9H12O4S. The van der Waals surface area contributed by atoms with Crippen molar-refractivity contribution in [2.24, 2.45) is 0 Å². The molecule has 5 heteroatoms. The molecule has 1 aromatic rings. The van der Waals surface area contributed by atoms with E-state index >= 15 is 0 Å². The van der Waals surface area contributed by atoms with Gasteiger partial charge in [0, 0.05) is 11.8 Å². The van der Waals surface area contributed by atoms with Crippen LogP contribution in [0.2, 0.25) is 0 Å². The summed E-state index contributed by atoms with van der Waals surface area (Å²) in [6.07, 6.45) is 0.183. The number of aliphatic hydroxyl groups is 1. The molecule has 0 aliphatic heterocycles. The second-order valence-electron chi connectivity index (χ2n) is 3.17. The van der Waals surface area contributed by atoms with Crippen LogP contribution in [0, 0.1) is 0 Å². The predicted molar refractivity (Wildman–Crippen MR) is 51.9 cm³/mol. The molecule has 0 saturated heterocycles. The van der Waals surface area contributed by atoms with Crippen LogP contribution < -0.4 is 0 Å². The zero-order valence-electron chi connectivity index (χ0n) is 7.93. The molecule has 4 nitrogen and oxygen atoms in total. The molecule has 0 fully saturated rings. The maximum absolute atomic E-state index is 11.2. The SMILES string of the molecule is CC(O)c1cc(S(C)(=O)=O)ccc1O. The molecule has 1 unspecified atom stereocenters. The molecule has 1 atom stereocenters. The maximum Gasteiger partial charge on any atom is 0.175 e. The Morgan fingerprint density at radius 1 is 1.36 bits per heavy atom. The summed E-state index contributed by atoms with van der Waals surface area (Å²) in [7, 11) is -3.30. The van der Waals surface area contributed by atoms with Gasteiger partial charge >= 0.3 is 0 Å². The van der Waals surface area contributed by atoms with Crippen LogP contribution in [0.4, 0.5) is 0 Å². The highest BCUT2D eigenvalue weighted by Gasteiger charge is 2.13. The summed E-state index contributed by atoms with van der Waals surface area (Å²) in [4.78, 5) is 0.0891. The van der Waals surface area contributed by atoms with Crippen molar-refractivity contribution in [3.63, 3.8) is 0 Å². The number of hydrogen-bond donors (Lipinski definition) is 2. The smallest absolute Gasteiger partial charge is 0.175 e. The van der Waals surface area contributed by atoms with Crippen molar-refractivity contribution in [1.29, 1.82) is 0 Å². The second kappa shape index (κ2) is 3.59. The van der Waals surface area contributed by atoms with Crippen LogP contribution in [0.3, 0.4) is 0 Å². The topological polar surface area (TPSA) is 74.6 Å². The Morgan fingerprint density at radius 2 is 1.93 bits per heavy atom. The van der Waals surface area contributed by atoms with Gasteiger partial charge in [-0.1, -0.05) is 0 Å². The van der Waals surface area contributed by atoms with Gasteiger partial charge in [-0.2, -0.15) is 0 Å². The standard InChI is InChI=1S/C9H12O4S/c1-6(10)8-5-7(14(2,12)13)3-4-9(8)11/h3-6,10-11H,1-2H3. The van der Waals surface area contributed by atoms with E-state index in [0.29, 0.717) is 0 Å². The van der Waals surface area contributed by atoms with Crippen LogP contribution in [0.25, 0.3) is 0 Å². The molecule has 0 aliphatic carbocycles. The first-order valence-electron chi connectivity index (χ1n) is 4.03. The Morgan fingerprint density at radius 3 is 2.36 bits per heavy atom. The van der Waals surface area contributed by atoms with Gasteiger partial charge < -0.3 is 10.2 Å². The lowest BCUT2D eigenvalue weighted by molar-refractivity contribution is 0.194. The third-order valence-corrected chi connectivity index (χ3v) is 2.99. The second-order valence-corrected chi connectivity index (χ2v) is 5.18. The van der Waals surface area contributed by atoms with E-state index < -0.39 is 15.9 Å². The van der Waals surface area contributed by atoms with Crippen molar-refractivity contribution in [2.45, 2.75) is 17.9 Å². The summed E-state index contributed by atoms with van der Waals surface area (Å²) in [5, 5.41) is 18.6. The minimum Gasteiger partial charge on any atom is -0.508 e. The lowest BCUT2D eigenvalue weighted by Gasteiger charge is -2.08. The predicted octanol–water partition coefficient (Wildman–Crippen LogP) is 0.849. The number of phenolic OH excluding ortho intramolecular Hbond substituents is 1. The molecule has 14 heavy (non-hydrogen) atoms. The average Bonchev–Trinajstić information content (AvgIpc) is 2.02. The fraction of sp³-hybridized carbons (Fsp3) is 0.333. The van der Waals surface area contributed by atoms with Gasteiger partial charge in [0.1, 0.15) is 5.75 Å². The van der Waals surface area contributed by atoms with Crippen LogP contribution in [0.15, 0.2) is 23.1 Å². The molecule has 0 aliphatic rings. The molecule has 0 radical (unpaired) electrons. The van der Waals surface area contributed by atoms with E-state index in [9.17, 15) is 18.6 Å². The van der Waals surface area contributed by atoms with Gasteiger partial charge in [-0.15, -0.1) is 0 Å². The minimum absolute atomic E-state index is 0.0891. The normalized spacial score (nSPS) is 13.9. The average molecular weight is 216 g/mol. The molecule has 0 aromatic heterocycles. The van der Waals surface area contributed by atoms with E-state index in [4.69, 9.17) is 0 Å². The van der Waals surface area contributed by atoms with E-state index in [1.54, 1.807) is 0 Å². The first kappa shape index (κ1) is 11.0. The van der Waals surface area contributed by atoms with Crippen molar-refractivity contribution >= 4 is 9.84 Å². The summed E-state index contributed by atoms with van der Waals surface area (Å²) >= 11 is 0. The fourth-order valence-corrected chi connectivity index (χ4v) is 1.75. The lowest BCUT2D eigenvalue weighted by atomic mass is 10.1. The van der Waals surface area contributed by atoms with Crippen LogP contribution in [-0.2, 0) is 9.84 Å². The lowest BCUT2D eigenvalue weighted by Crippen LogP contribution is -2.00. The molecule has 78 valence electrons. The summed E-state index contributed by atoms with van der Waals surface area (Å²) < 4.78 is 22.3. The van der Waals surface area contributed by atoms with Gasteiger partial charge in [0.15, 0.2) is 9.84 Å². The molecule has 2 N–H and O–H groups in total. The van der Waals surface area contributed by atoms with Crippen molar-refractivity contribution in [3.05, 3.63) is 23.8 Å². The third kappa shape index (κ3) is 2.24. The van der Waals surface area contributed by atoms with Crippen molar-refractivity contribution in [2.75, 3.05) is 6.26 Å². The van der Waals surface area contributed by atoms with Gasteiger partial charge in [0.05, 0.1) is 11.0 Å².